The number of hydrogen-bond acceptors (Lipinski definition) is 4. The Labute approximate surface area is 162 Å². The molecule has 4 rings (SSSR count). The second-order valence-corrected chi connectivity index (χ2v) is 8.01. The van der Waals surface area contributed by atoms with Crippen LogP contribution in [0.3, 0.4) is 0 Å². The summed E-state index contributed by atoms with van der Waals surface area (Å²) >= 11 is 0. The molecule has 0 radical (unpaired) electrons. The lowest BCUT2D eigenvalue weighted by Gasteiger charge is -2.26. The Bertz CT molecular complexity index is 786. The predicted octanol–water partition coefficient (Wildman–Crippen LogP) is 3.18. The van der Waals surface area contributed by atoms with E-state index in [0.29, 0.717) is 19.2 Å². The van der Waals surface area contributed by atoms with E-state index in [1.807, 2.05) is 31.2 Å². The lowest BCUT2D eigenvalue weighted by molar-refractivity contribution is 0.0621. The largest absolute Gasteiger partial charge is 0.491 e. The molecule has 2 heterocycles. The molecule has 2 aromatic rings. The van der Waals surface area contributed by atoms with E-state index < -0.39 is 6.10 Å². The maximum atomic E-state index is 10.6. The van der Waals surface area contributed by atoms with Gasteiger partial charge < -0.3 is 14.4 Å². The van der Waals surface area contributed by atoms with E-state index in [0.717, 1.165) is 43.5 Å². The number of ether oxygens (including phenoxy) is 1. The van der Waals surface area contributed by atoms with Crippen molar-refractivity contribution in [2.24, 2.45) is 7.05 Å². The molecule has 0 saturated carbocycles. The molecule has 2 aliphatic rings. The van der Waals surface area contributed by atoms with Crippen molar-refractivity contribution in [3.8, 4) is 5.75 Å². The number of aliphatic hydroxyl groups is 1. The van der Waals surface area contributed by atoms with Crippen molar-refractivity contribution in [1.82, 2.24) is 14.5 Å². The highest BCUT2D eigenvalue weighted by molar-refractivity contribution is 5.31. The number of benzene rings is 1. The molecule has 1 fully saturated rings. The van der Waals surface area contributed by atoms with Crippen molar-refractivity contribution in [3.63, 3.8) is 0 Å². The van der Waals surface area contributed by atoms with Crippen molar-refractivity contribution in [1.29, 1.82) is 0 Å². The van der Waals surface area contributed by atoms with Crippen LogP contribution in [0, 0.1) is 6.92 Å². The maximum Gasteiger partial charge on any atom is 0.126 e. The van der Waals surface area contributed by atoms with Gasteiger partial charge in [-0.05, 0) is 63.6 Å². The van der Waals surface area contributed by atoms with Crippen LogP contribution in [-0.4, -0.2) is 45.4 Å². The van der Waals surface area contributed by atoms with Gasteiger partial charge in [0.05, 0.1) is 11.7 Å². The average molecular weight is 370 g/mol. The van der Waals surface area contributed by atoms with Crippen LogP contribution in [0.25, 0.3) is 0 Å². The summed E-state index contributed by atoms with van der Waals surface area (Å²) in [6, 6.07) is 8.27. The number of fused-ring (bicyclic) bond motifs is 1. The normalized spacial score (nSPS) is 21.2. The minimum Gasteiger partial charge on any atom is -0.491 e. The number of β-amino-alcohol motifs (C(OH)–C–C–N with tert-alkyl or cyclic N) is 1. The Morgan fingerprint density at radius 3 is 2.85 bits per heavy atom. The van der Waals surface area contributed by atoms with Crippen molar-refractivity contribution >= 4 is 0 Å². The quantitative estimate of drug-likeness (QED) is 0.850. The smallest absolute Gasteiger partial charge is 0.126 e. The van der Waals surface area contributed by atoms with Crippen LogP contribution in [0.1, 0.15) is 54.5 Å². The molecule has 0 bridgehead atoms. The highest BCUT2D eigenvalue weighted by Gasteiger charge is 2.32. The summed E-state index contributed by atoms with van der Waals surface area (Å²) in [4.78, 5) is 7.39. The molecule has 5 nitrogen and oxygen atoms in total. The Hall–Kier alpha value is -1.85. The fourth-order valence-corrected chi connectivity index (χ4v) is 4.57. The Kier molecular flexibility index (Phi) is 5.50. The van der Waals surface area contributed by atoms with E-state index in [2.05, 4.69) is 16.5 Å². The third-order valence-corrected chi connectivity index (χ3v) is 6.04. The summed E-state index contributed by atoms with van der Waals surface area (Å²) < 4.78 is 8.17. The van der Waals surface area contributed by atoms with Crippen molar-refractivity contribution in [3.05, 3.63) is 47.0 Å². The van der Waals surface area contributed by atoms with Crippen molar-refractivity contribution in [2.75, 3.05) is 19.7 Å². The topological polar surface area (TPSA) is 50.5 Å². The maximum absolute atomic E-state index is 10.6. The van der Waals surface area contributed by atoms with Crippen LogP contribution in [0.4, 0.5) is 0 Å². The zero-order valence-electron chi connectivity index (χ0n) is 16.5. The first-order valence-corrected chi connectivity index (χ1v) is 10.3. The van der Waals surface area contributed by atoms with Crippen molar-refractivity contribution < 1.29 is 9.84 Å². The number of rotatable bonds is 6. The molecule has 0 unspecified atom stereocenters. The molecule has 146 valence electrons. The second kappa shape index (κ2) is 8.03. The number of hydrogen-bond donors (Lipinski definition) is 1. The molecule has 0 amide bonds. The van der Waals surface area contributed by atoms with E-state index in [1.54, 1.807) is 0 Å². The number of nitrogens with zero attached hydrogens (tertiary/aromatic N) is 3. The second-order valence-electron chi connectivity index (χ2n) is 8.01. The van der Waals surface area contributed by atoms with Gasteiger partial charge in [0.15, 0.2) is 0 Å². The summed E-state index contributed by atoms with van der Waals surface area (Å²) in [5, 5.41) is 10.6. The lowest BCUT2D eigenvalue weighted by atomic mass is 10.0. The van der Waals surface area contributed by atoms with Crippen LogP contribution in [0.5, 0.6) is 5.75 Å². The lowest BCUT2D eigenvalue weighted by Crippen LogP contribution is -2.36. The van der Waals surface area contributed by atoms with E-state index in [-0.39, 0.29) is 0 Å². The van der Waals surface area contributed by atoms with Gasteiger partial charge in [0.25, 0.3) is 0 Å². The first-order chi connectivity index (χ1) is 13.1. The molecule has 0 spiro atoms. The Morgan fingerprint density at radius 1 is 1.22 bits per heavy atom. The number of para-hydroxylation sites is 1. The summed E-state index contributed by atoms with van der Waals surface area (Å²) in [5.41, 5.74) is 3.82. The number of aliphatic hydroxyl groups excluding tert-OH is 1. The summed E-state index contributed by atoms with van der Waals surface area (Å²) in [6.45, 7) is 4.00. The predicted molar refractivity (Wildman–Crippen MR) is 106 cm³/mol. The standard InChI is InChI=1S/C22H31N3O2/c1-16-8-3-6-12-21(16)27-15-17(26)14-25-13-7-11-20(25)22-23-18-9-4-5-10-19(18)24(22)2/h3,6,8,12,17,20,26H,4-5,7,9-11,13-15H2,1-2H3/t17-,20-/m0/s1. The molecule has 1 aromatic heterocycles. The molecule has 5 heteroatoms. The Balaban J connectivity index is 1.40. The van der Waals surface area contributed by atoms with Gasteiger partial charge in [-0.25, -0.2) is 4.98 Å². The van der Waals surface area contributed by atoms with Crippen LogP contribution in [0.2, 0.25) is 0 Å². The minimum absolute atomic E-state index is 0.314. The average Bonchev–Trinajstić information content (AvgIpc) is 3.25. The third kappa shape index (κ3) is 3.90. The summed E-state index contributed by atoms with van der Waals surface area (Å²) in [5.74, 6) is 2.04. The molecule has 1 saturated heterocycles. The first kappa shape index (κ1) is 18.5. The van der Waals surface area contributed by atoms with Crippen LogP contribution in [-0.2, 0) is 19.9 Å². The van der Waals surface area contributed by atoms with Gasteiger partial charge in [0, 0.05) is 19.3 Å². The van der Waals surface area contributed by atoms with E-state index >= 15 is 0 Å². The summed E-state index contributed by atoms with van der Waals surface area (Å²) in [7, 11) is 2.17. The van der Waals surface area contributed by atoms with Gasteiger partial charge in [0.2, 0.25) is 0 Å². The SMILES string of the molecule is Cc1ccccc1OC[C@@H](O)CN1CCC[C@H]1c1nc2c(n1C)CCCC2. The Morgan fingerprint density at radius 2 is 2.04 bits per heavy atom. The van der Waals surface area contributed by atoms with E-state index in [9.17, 15) is 5.11 Å². The third-order valence-electron chi connectivity index (χ3n) is 6.04. The number of imidazole rings is 1. The number of aryl methyl sites for hydroxylation is 2. The van der Waals surface area contributed by atoms with Crippen molar-refractivity contribution in [2.45, 2.75) is 57.6 Å². The number of likely N-dealkylation sites (tertiary alicyclic amines) is 1. The van der Waals surface area contributed by atoms with E-state index in [1.165, 1.54) is 30.1 Å². The van der Waals surface area contributed by atoms with Gasteiger partial charge >= 0.3 is 0 Å². The molecular weight excluding hydrogens is 338 g/mol. The molecule has 1 aromatic carbocycles. The van der Waals surface area contributed by atoms with Gasteiger partial charge in [-0.3, -0.25) is 4.90 Å². The van der Waals surface area contributed by atoms with Gasteiger partial charge in [-0.15, -0.1) is 0 Å². The molecule has 1 aliphatic carbocycles. The monoisotopic (exact) mass is 369 g/mol. The van der Waals surface area contributed by atoms with Gasteiger partial charge in [0.1, 0.15) is 24.3 Å². The zero-order chi connectivity index (χ0) is 18.8. The molecule has 2 atom stereocenters. The van der Waals surface area contributed by atoms with Crippen LogP contribution in [0.15, 0.2) is 24.3 Å². The van der Waals surface area contributed by atoms with Gasteiger partial charge in [-0.2, -0.15) is 0 Å². The first-order valence-electron chi connectivity index (χ1n) is 10.3. The van der Waals surface area contributed by atoms with Gasteiger partial charge in [-0.1, -0.05) is 18.2 Å². The highest BCUT2D eigenvalue weighted by atomic mass is 16.5. The van der Waals surface area contributed by atoms with Crippen LogP contribution >= 0.6 is 0 Å². The molecule has 1 N–H and O–H groups in total. The number of aromatic nitrogens is 2. The minimum atomic E-state index is -0.500. The molecule has 27 heavy (non-hydrogen) atoms. The van der Waals surface area contributed by atoms with Crippen LogP contribution < -0.4 is 4.74 Å². The fraction of sp³-hybridized carbons (Fsp3) is 0.591. The molecular formula is C22H31N3O2. The zero-order valence-corrected chi connectivity index (χ0v) is 16.5. The fourth-order valence-electron chi connectivity index (χ4n) is 4.57. The molecule has 1 aliphatic heterocycles. The van der Waals surface area contributed by atoms with E-state index in [4.69, 9.17) is 9.72 Å². The highest BCUT2D eigenvalue weighted by Crippen LogP contribution is 2.33. The summed E-state index contributed by atoms with van der Waals surface area (Å²) in [6.07, 6.45) is 6.58.